The minimum atomic E-state index is -0.674. The molecule has 0 spiro atoms. The number of nitrogens with one attached hydrogen (secondary N) is 3. The number of halogens is 1. The van der Waals surface area contributed by atoms with E-state index >= 15 is 0 Å². The Morgan fingerprint density at radius 1 is 1.07 bits per heavy atom. The zero-order chi connectivity index (χ0) is 20.6. The van der Waals surface area contributed by atoms with Crippen molar-refractivity contribution in [2.75, 3.05) is 0 Å². The van der Waals surface area contributed by atoms with E-state index in [-0.39, 0.29) is 24.8 Å². The highest BCUT2D eigenvalue weighted by Gasteiger charge is 2.20. The molecule has 3 N–H and O–H groups in total. The number of hydrogen-bond donors (Lipinski definition) is 3. The van der Waals surface area contributed by atoms with Gasteiger partial charge in [0.15, 0.2) is 11.5 Å². The molecule has 1 unspecified atom stereocenters. The van der Waals surface area contributed by atoms with Crippen molar-refractivity contribution in [1.29, 1.82) is 0 Å². The van der Waals surface area contributed by atoms with E-state index in [1.54, 1.807) is 16.5 Å². The fourth-order valence-electron chi connectivity index (χ4n) is 2.85. The minimum absolute atomic E-state index is 0.198. The highest BCUT2D eigenvalue weighted by atomic mass is 19.1. The molecule has 9 heteroatoms. The summed E-state index contributed by atoms with van der Waals surface area (Å²) in [6, 6.07) is 10.2. The molecule has 2 heterocycles. The van der Waals surface area contributed by atoms with Crippen molar-refractivity contribution in [3.8, 4) is 0 Å². The predicted molar refractivity (Wildman–Crippen MR) is 105 cm³/mol. The maximum atomic E-state index is 12.9. The first kappa shape index (κ1) is 20.2. The van der Waals surface area contributed by atoms with Crippen LogP contribution in [0.2, 0.25) is 0 Å². The standard InChI is InChI=1S/C20H23FN6O2/c1-2-5-16(24-20(29)23-12-14-7-9-15(21)10-8-14)19(28)22-13-18-26-25-17-6-3-4-11-27(17)18/h3-4,6-11,16H,2,5,12-13H2,1H3,(H,22,28)(H2,23,24,29). The third-order valence-electron chi connectivity index (χ3n) is 4.37. The number of urea groups is 1. The van der Waals surface area contributed by atoms with Crippen LogP contribution in [0.25, 0.3) is 5.65 Å². The van der Waals surface area contributed by atoms with Crippen molar-refractivity contribution in [1.82, 2.24) is 30.5 Å². The van der Waals surface area contributed by atoms with Gasteiger partial charge in [-0.05, 0) is 36.2 Å². The first-order chi connectivity index (χ1) is 14.1. The fraction of sp³-hybridized carbons (Fsp3) is 0.300. The topological polar surface area (TPSA) is 100 Å². The molecule has 2 aromatic heterocycles. The van der Waals surface area contributed by atoms with Crippen LogP contribution in [0, 0.1) is 5.82 Å². The van der Waals surface area contributed by atoms with E-state index in [0.717, 1.165) is 12.0 Å². The molecule has 8 nitrogen and oxygen atoms in total. The van der Waals surface area contributed by atoms with Gasteiger partial charge < -0.3 is 16.0 Å². The van der Waals surface area contributed by atoms with Crippen LogP contribution in [0.1, 0.15) is 31.2 Å². The van der Waals surface area contributed by atoms with E-state index in [0.29, 0.717) is 17.9 Å². The lowest BCUT2D eigenvalue weighted by Gasteiger charge is -2.18. The Hall–Kier alpha value is -3.49. The number of rotatable bonds is 8. The third kappa shape index (κ3) is 5.50. The number of aromatic nitrogens is 3. The Balaban J connectivity index is 1.53. The molecule has 152 valence electrons. The van der Waals surface area contributed by atoms with Crippen molar-refractivity contribution >= 4 is 17.6 Å². The Bertz CT molecular complexity index is 973. The molecule has 0 radical (unpaired) electrons. The first-order valence-corrected chi connectivity index (χ1v) is 9.42. The van der Waals surface area contributed by atoms with Crippen molar-refractivity contribution < 1.29 is 14.0 Å². The zero-order valence-corrected chi connectivity index (χ0v) is 16.1. The largest absolute Gasteiger partial charge is 0.347 e. The first-order valence-electron chi connectivity index (χ1n) is 9.42. The van der Waals surface area contributed by atoms with E-state index in [2.05, 4.69) is 26.1 Å². The number of nitrogens with zero attached hydrogens (tertiary/aromatic N) is 3. The number of carbonyl (C=O) groups is 2. The van der Waals surface area contributed by atoms with Crippen molar-refractivity contribution in [2.24, 2.45) is 0 Å². The maximum Gasteiger partial charge on any atom is 0.315 e. The number of carbonyl (C=O) groups excluding carboxylic acids is 2. The Morgan fingerprint density at radius 3 is 2.62 bits per heavy atom. The summed E-state index contributed by atoms with van der Waals surface area (Å²) in [4.78, 5) is 24.7. The van der Waals surface area contributed by atoms with Gasteiger partial charge in [-0.15, -0.1) is 10.2 Å². The number of fused-ring (bicyclic) bond motifs is 1. The average Bonchev–Trinajstić information content (AvgIpc) is 3.14. The fourth-order valence-corrected chi connectivity index (χ4v) is 2.85. The van der Waals surface area contributed by atoms with Crippen LogP contribution in [0.5, 0.6) is 0 Å². The predicted octanol–water partition coefficient (Wildman–Crippen LogP) is 2.15. The molecule has 0 saturated heterocycles. The second-order valence-corrected chi connectivity index (χ2v) is 6.56. The van der Waals surface area contributed by atoms with Gasteiger partial charge in [0.2, 0.25) is 5.91 Å². The van der Waals surface area contributed by atoms with Gasteiger partial charge in [-0.25, -0.2) is 9.18 Å². The number of amides is 3. The van der Waals surface area contributed by atoms with Crippen LogP contribution in [-0.2, 0) is 17.9 Å². The van der Waals surface area contributed by atoms with Gasteiger partial charge in [-0.3, -0.25) is 9.20 Å². The highest BCUT2D eigenvalue weighted by molar-refractivity contribution is 5.86. The summed E-state index contributed by atoms with van der Waals surface area (Å²) < 4.78 is 14.7. The van der Waals surface area contributed by atoms with Crippen LogP contribution in [0.4, 0.5) is 9.18 Å². The number of benzene rings is 1. The zero-order valence-electron chi connectivity index (χ0n) is 16.1. The average molecular weight is 398 g/mol. The second-order valence-electron chi connectivity index (χ2n) is 6.56. The third-order valence-corrected chi connectivity index (χ3v) is 4.37. The van der Waals surface area contributed by atoms with Gasteiger partial charge in [0.1, 0.15) is 11.9 Å². The lowest BCUT2D eigenvalue weighted by atomic mass is 10.1. The molecule has 0 fully saturated rings. The molecular formula is C20H23FN6O2. The van der Waals surface area contributed by atoms with Crippen LogP contribution >= 0.6 is 0 Å². The van der Waals surface area contributed by atoms with Crippen LogP contribution < -0.4 is 16.0 Å². The monoisotopic (exact) mass is 398 g/mol. The molecule has 0 aliphatic rings. The Labute approximate surface area is 167 Å². The molecule has 3 rings (SSSR count). The van der Waals surface area contributed by atoms with E-state index in [9.17, 15) is 14.0 Å². The molecule has 29 heavy (non-hydrogen) atoms. The molecule has 1 atom stereocenters. The molecule has 0 aliphatic carbocycles. The summed E-state index contributed by atoms with van der Waals surface area (Å²) >= 11 is 0. The quantitative estimate of drug-likeness (QED) is 0.541. The van der Waals surface area contributed by atoms with Gasteiger partial charge in [0, 0.05) is 12.7 Å². The lowest BCUT2D eigenvalue weighted by Crippen LogP contribution is -2.49. The number of pyridine rings is 1. The van der Waals surface area contributed by atoms with Crippen LogP contribution in [-0.4, -0.2) is 32.6 Å². The molecule has 0 saturated carbocycles. The van der Waals surface area contributed by atoms with Crippen molar-refractivity contribution in [3.05, 3.63) is 65.9 Å². The van der Waals surface area contributed by atoms with Gasteiger partial charge in [0.25, 0.3) is 0 Å². The number of hydrogen-bond acceptors (Lipinski definition) is 4. The van der Waals surface area contributed by atoms with Gasteiger partial charge >= 0.3 is 6.03 Å². The van der Waals surface area contributed by atoms with Crippen molar-refractivity contribution in [2.45, 2.75) is 38.9 Å². The van der Waals surface area contributed by atoms with E-state index in [1.165, 1.54) is 12.1 Å². The van der Waals surface area contributed by atoms with Crippen LogP contribution in [0.15, 0.2) is 48.7 Å². The molecule has 1 aromatic carbocycles. The minimum Gasteiger partial charge on any atom is -0.347 e. The van der Waals surface area contributed by atoms with E-state index in [4.69, 9.17) is 0 Å². The van der Waals surface area contributed by atoms with Gasteiger partial charge in [0.05, 0.1) is 6.54 Å². The summed E-state index contributed by atoms with van der Waals surface area (Å²) in [7, 11) is 0. The van der Waals surface area contributed by atoms with E-state index in [1.807, 2.05) is 31.3 Å². The summed E-state index contributed by atoms with van der Waals surface area (Å²) in [5, 5.41) is 16.3. The molecule has 0 bridgehead atoms. The van der Waals surface area contributed by atoms with Gasteiger partial charge in [-0.1, -0.05) is 31.5 Å². The molecule has 3 amide bonds. The summed E-state index contributed by atoms with van der Waals surface area (Å²) in [5.74, 6) is -0.0280. The normalized spacial score (nSPS) is 11.8. The Kier molecular flexibility index (Phi) is 6.72. The van der Waals surface area contributed by atoms with Crippen LogP contribution in [0.3, 0.4) is 0 Å². The van der Waals surface area contributed by atoms with Gasteiger partial charge in [-0.2, -0.15) is 0 Å². The van der Waals surface area contributed by atoms with Crippen molar-refractivity contribution in [3.63, 3.8) is 0 Å². The molecule has 0 aliphatic heterocycles. The summed E-state index contributed by atoms with van der Waals surface area (Å²) in [6.45, 7) is 2.37. The smallest absolute Gasteiger partial charge is 0.315 e. The summed E-state index contributed by atoms with van der Waals surface area (Å²) in [5.41, 5.74) is 1.46. The molecule has 3 aromatic rings. The second kappa shape index (κ2) is 9.63. The maximum absolute atomic E-state index is 12.9. The van der Waals surface area contributed by atoms with E-state index < -0.39 is 12.1 Å². The SMILES string of the molecule is CCCC(NC(=O)NCc1ccc(F)cc1)C(=O)NCc1nnc2ccccn12. The Morgan fingerprint density at radius 2 is 1.86 bits per heavy atom. The highest BCUT2D eigenvalue weighted by Crippen LogP contribution is 2.04. The lowest BCUT2D eigenvalue weighted by molar-refractivity contribution is -0.123. The molecular weight excluding hydrogens is 375 g/mol. The summed E-state index contributed by atoms with van der Waals surface area (Å²) in [6.07, 6.45) is 3.04.